The Bertz CT molecular complexity index is 481. The molecule has 5 heteroatoms. The average molecular weight is 313 g/mol. The summed E-state index contributed by atoms with van der Waals surface area (Å²) >= 11 is 7.88. The summed E-state index contributed by atoms with van der Waals surface area (Å²) in [4.78, 5) is 13.3. The van der Waals surface area contributed by atoms with Crippen LogP contribution in [0.5, 0.6) is 0 Å². The Morgan fingerprint density at radius 3 is 3.15 bits per heavy atom. The van der Waals surface area contributed by atoms with Crippen LogP contribution in [-0.4, -0.2) is 17.7 Å². The van der Waals surface area contributed by atoms with Crippen molar-refractivity contribution in [1.29, 1.82) is 0 Å². The fourth-order valence-corrected chi connectivity index (χ4v) is 3.77. The van der Waals surface area contributed by atoms with Crippen molar-refractivity contribution >= 4 is 29.3 Å². The molecule has 2 atom stereocenters. The van der Waals surface area contributed by atoms with Crippen molar-refractivity contribution in [3.05, 3.63) is 28.8 Å². The van der Waals surface area contributed by atoms with E-state index in [1.54, 1.807) is 0 Å². The number of rotatable bonds is 5. The molecule has 110 valence electrons. The van der Waals surface area contributed by atoms with Gasteiger partial charge in [-0.1, -0.05) is 24.9 Å². The van der Waals surface area contributed by atoms with Crippen molar-refractivity contribution in [1.82, 2.24) is 5.32 Å². The number of hydrogen-bond donors (Lipinski definition) is 2. The van der Waals surface area contributed by atoms with Crippen LogP contribution in [0.2, 0.25) is 5.02 Å². The van der Waals surface area contributed by atoms with Crippen LogP contribution in [0.4, 0.5) is 0 Å². The first-order valence-electron chi connectivity index (χ1n) is 7.07. The zero-order chi connectivity index (χ0) is 14.5. The maximum Gasteiger partial charge on any atom is 0.222 e. The molecule has 0 aromatic heterocycles. The summed E-state index contributed by atoms with van der Waals surface area (Å²) < 4.78 is 0. The summed E-state index contributed by atoms with van der Waals surface area (Å²) in [6.07, 6.45) is 3.23. The Hall–Kier alpha value is -0.710. The second-order valence-corrected chi connectivity index (χ2v) is 6.77. The monoisotopic (exact) mass is 312 g/mol. The van der Waals surface area contributed by atoms with E-state index in [9.17, 15) is 4.79 Å². The van der Waals surface area contributed by atoms with Crippen molar-refractivity contribution in [2.75, 3.05) is 5.75 Å². The van der Waals surface area contributed by atoms with E-state index in [0.29, 0.717) is 11.4 Å². The molecule has 1 aliphatic heterocycles. The van der Waals surface area contributed by atoms with E-state index in [2.05, 4.69) is 12.2 Å². The Morgan fingerprint density at radius 2 is 2.40 bits per heavy atom. The summed E-state index contributed by atoms with van der Waals surface area (Å²) in [5.41, 5.74) is 7.05. The van der Waals surface area contributed by atoms with Gasteiger partial charge in [0, 0.05) is 28.1 Å². The smallest absolute Gasteiger partial charge is 0.222 e. The van der Waals surface area contributed by atoms with Gasteiger partial charge in [-0.15, -0.1) is 11.8 Å². The van der Waals surface area contributed by atoms with Crippen molar-refractivity contribution < 1.29 is 4.79 Å². The van der Waals surface area contributed by atoms with E-state index in [-0.39, 0.29) is 18.0 Å². The molecule has 1 amide bonds. The molecule has 0 radical (unpaired) electrons. The summed E-state index contributed by atoms with van der Waals surface area (Å²) in [5, 5.41) is 3.82. The van der Waals surface area contributed by atoms with E-state index in [0.717, 1.165) is 30.6 Å². The third kappa shape index (κ3) is 4.14. The number of carbonyl (C=O) groups excluding carboxylic acids is 1. The molecule has 20 heavy (non-hydrogen) atoms. The number of halogens is 1. The van der Waals surface area contributed by atoms with Crippen LogP contribution in [0.25, 0.3) is 0 Å². The molecule has 1 aromatic rings. The Balaban J connectivity index is 2.01. The molecular formula is C15H21ClN2OS. The third-order valence-electron chi connectivity index (χ3n) is 3.45. The number of nitrogens with one attached hydrogen (secondary N) is 1. The Labute approximate surface area is 129 Å². The largest absolute Gasteiger partial charge is 0.349 e. The predicted molar refractivity (Wildman–Crippen MR) is 85.2 cm³/mol. The molecule has 0 bridgehead atoms. The van der Waals surface area contributed by atoms with E-state index in [1.807, 2.05) is 30.0 Å². The topological polar surface area (TPSA) is 55.1 Å². The number of benzene rings is 1. The van der Waals surface area contributed by atoms with Crippen molar-refractivity contribution in [2.24, 2.45) is 5.73 Å². The zero-order valence-electron chi connectivity index (χ0n) is 11.7. The molecule has 3 nitrogen and oxygen atoms in total. The van der Waals surface area contributed by atoms with Crippen molar-refractivity contribution in [3.63, 3.8) is 0 Å². The lowest BCUT2D eigenvalue weighted by Gasteiger charge is -2.26. The minimum Gasteiger partial charge on any atom is -0.349 e. The second kappa shape index (κ2) is 7.34. The molecule has 0 saturated carbocycles. The van der Waals surface area contributed by atoms with Crippen LogP contribution in [-0.2, 0) is 4.79 Å². The molecule has 0 spiro atoms. The molecule has 0 saturated heterocycles. The molecule has 1 aliphatic rings. The average Bonchev–Trinajstić information content (AvgIpc) is 2.39. The summed E-state index contributed by atoms with van der Waals surface area (Å²) in [6.45, 7) is 2.08. The molecule has 1 heterocycles. The number of hydrogen-bond acceptors (Lipinski definition) is 3. The molecule has 2 unspecified atom stereocenters. The van der Waals surface area contributed by atoms with Gasteiger partial charge in [-0.2, -0.15) is 0 Å². The van der Waals surface area contributed by atoms with Crippen LogP contribution in [0.3, 0.4) is 0 Å². The lowest BCUT2D eigenvalue weighted by Crippen LogP contribution is -2.35. The van der Waals surface area contributed by atoms with Gasteiger partial charge >= 0.3 is 0 Å². The van der Waals surface area contributed by atoms with Crippen LogP contribution in [0.15, 0.2) is 23.1 Å². The first-order chi connectivity index (χ1) is 9.60. The van der Waals surface area contributed by atoms with E-state index in [1.165, 1.54) is 4.90 Å². The van der Waals surface area contributed by atoms with Gasteiger partial charge in [0.25, 0.3) is 0 Å². The number of amides is 1. The molecule has 3 N–H and O–H groups in total. The summed E-state index contributed by atoms with van der Waals surface area (Å²) in [5.74, 6) is 1.05. The van der Waals surface area contributed by atoms with Crippen molar-refractivity contribution in [2.45, 2.75) is 49.6 Å². The van der Waals surface area contributed by atoms with Gasteiger partial charge < -0.3 is 11.1 Å². The number of nitrogens with two attached hydrogens (primary N) is 1. The lowest BCUT2D eigenvalue weighted by atomic mass is 10.0. The standard InChI is InChI=1S/C15H21ClN2OS/c1-2-3-11(17)9-15(19)18-13-6-7-20-14-5-4-10(16)8-12(13)14/h4-5,8,11,13H,2-3,6-7,9,17H2,1H3,(H,18,19). The van der Waals surface area contributed by atoms with Gasteiger partial charge in [0.1, 0.15) is 0 Å². The SMILES string of the molecule is CCCC(N)CC(=O)NC1CCSc2ccc(Cl)cc21. The Morgan fingerprint density at radius 1 is 1.60 bits per heavy atom. The van der Waals surface area contributed by atoms with Gasteiger partial charge in [-0.25, -0.2) is 0 Å². The van der Waals surface area contributed by atoms with Crippen LogP contribution >= 0.6 is 23.4 Å². The van der Waals surface area contributed by atoms with Gasteiger partial charge in [0.15, 0.2) is 0 Å². The fraction of sp³-hybridized carbons (Fsp3) is 0.533. The van der Waals surface area contributed by atoms with Gasteiger partial charge in [0.2, 0.25) is 5.91 Å². The molecule has 1 aromatic carbocycles. The van der Waals surface area contributed by atoms with E-state index >= 15 is 0 Å². The number of thioether (sulfide) groups is 1. The number of carbonyl (C=O) groups is 1. The predicted octanol–water partition coefficient (Wildman–Crippen LogP) is 3.51. The Kier molecular flexibility index (Phi) is 5.75. The first-order valence-corrected chi connectivity index (χ1v) is 8.43. The quantitative estimate of drug-likeness (QED) is 0.874. The van der Waals surface area contributed by atoms with Crippen LogP contribution in [0, 0.1) is 0 Å². The van der Waals surface area contributed by atoms with Crippen molar-refractivity contribution in [3.8, 4) is 0 Å². The highest BCUT2D eigenvalue weighted by atomic mass is 35.5. The number of fused-ring (bicyclic) bond motifs is 1. The summed E-state index contributed by atoms with van der Waals surface area (Å²) in [7, 11) is 0. The highest BCUT2D eigenvalue weighted by molar-refractivity contribution is 7.99. The molecule has 2 rings (SSSR count). The minimum absolute atomic E-state index is 0.0359. The fourth-order valence-electron chi connectivity index (χ4n) is 2.48. The molecule has 0 aliphatic carbocycles. The van der Waals surface area contributed by atoms with Gasteiger partial charge in [-0.3, -0.25) is 4.79 Å². The molecular weight excluding hydrogens is 292 g/mol. The zero-order valence-corrected chi connectivity index (χ0v) is 13.3. The highest BCUT2D eigenvalue weighted by Crippen LogP contribution is 2.37. The minimum atomic E-state index is -0.0446. The van der Waals surface area contributed by atoms with Gasteiger partial charge in [-0.05, 0) is 36.6 Å². The first kappa shape index (κ1) is 15.7. The van der Waals surface area contributed by atoms with E-state index < -0.39 is 0 Å². The van der Waals surface area contributed by atoms with E-state index in [4.69, 9.17) is 17.3 Å². The van der Waals surface area contributed by atoms with Crippen LogP contribution < -0.4 is 11.1 Å². The third-order valence-corrected chi connectivity index (χ3v) is 4.81. The van der Waals surface area contributed by atoms with Gasteiger partial charge in [0.05, 0.1) is 6.04 Å². The second-order valence-electron chi connectivity index (χ2n) is 5.19. The normalized spacial score (nSPS) is 19.2. The van der Waals surface area contributed by atoms with Crippen LogP contribution in [0.1, 0.15) is 44.2 Å². The highest BCUT2D eigenvalue weighted by Gasteiger charge is 2.23. The summed E-state index contributed by atoms with van der Waals surface area (Å²) in [6, 6.07) is 5.90. The maximum absolute atomic E-state index is 12.1. The maximum atomic E-state index is 12.1. The molecule has 0 fully saturated rings. The lowest BCUT2D eigenvalue weighted by molar-refractivity contribution is -0.122.